The molecule has 122 valence electrons. The van der Waals surface area contributed by atoms with E-state index in [2.05, 4.69) is 4.98 Å². The summed E-state index contributed by atoms with van der Waals surface area (Å²) in [6.07, 6.45) is 1.95. The highest BCUT2D eigenvalue weighted by atomic mass is 32.1. The van der Waals surface area contributed by atoms with E-state index in [1.165, 1.54) is 25.3 Å². The van der Waals surface area contributed by atoms with Gasteiger partial charge in [-0.3, -0.25) is 4.79 Å². The summed E-state index contributed by atoms with van der Waals surface area (Å²) >= 11 is 1.64. The van der Waals surface area contributed by atoms with Crippen molar-refractivity contribution >= 4 is 17.2 Å². The van der Waals surface area contributed by atoms with Gasteiger partial charge in [0.1, 0.15) is 11.6 Å². The molecule has 0 radical (unpaired) electrons. The van der Waals surface area contributed by atoms with Gasteiger partial charge >= 0.3 is 0 Å². The molecule has 3 rings (SSSR count). The molecule has 1 saturated heterocycles. The number of hydrogen-bond donors (Lipinski definition) is 0. The number of likely N-dealkylation sites (tertiary alicyclic amines) is 1. The van der Waals surface area contributed by atoms with Crippen molar-refractivity contribution in [2.24, 2.45) is 0 Å². The Balaban J connectivity index is 1.81. The smallest absolute Gasteiger partial charge is 0.257 e. The average Bonchev–Trinajstić information content (AvgIpc) is 3.01. The van der Waals surface area contributed by atoms with Crippen LogP contribution in [0.1, 0.15) is 39.8 Å². The summed E-state index contributed by atoms with van der Waals surface area (Å²) in [6.45, 7) is 3.27. The number of carbonyl (C=O) groups is 1. The minimum absolute atomic E-state index is 0.181. The van der Waals surface area contributed by atoms with E-state index in [-0.39, 0.29) is 17.4 Å². The molecule has 0 spiro atoms. The second-order valence-electron chi connectivity index (χ2n) is 5.76. The molecule has 1 aliphatic heterocycles. The fraction of sp³-hybridized carbons (Fsp3) is 0.412. The van der Waals surface area contributed by atoms with E-state index in [1.807, 2.05) is 12.3 Å². The van der Waals surface area contributed by atoms with Crippen LogP contribution in [0.15, 0.2) is 23.6 Å². The third kappa shape index (κ3) is 3.37. The van der Waals surface area contributed by atoms with Crippen LogP contribution in [0, 0.1) is 12.7 Å². The number of amides is 1. The van der Waals surface area contributed by atoms with Gasteiger partial charge in [-0.25, -0.2) is 9.37 Å². The van der Waals surface area contributed by atoms with Gasteiger partial charge in [0.2, 0.25) is 0 Å². The summed E-state index contributed by atoms with van der Waals surface area (Å²) in [5.74, 6) is 0.0483. The SMILES string of the molecule is COc1ccc(F)cc1C(=O)N1CCC[C@H](c2nc(C)cs2)C1. The zero-order chi connectivity index (χ0) is 16.4. The van der Waals surface area contributed by atoms with E-state index in [0.717, 1.165) is 23.5 Å². The largest absolute Gasteiger partial charge is 0.496 e. The highest BCUT2D eigenvalue weighted by Crippen LogP contribution is 2.31. The zero-order valence-corrected chi connectivity index (χ0v) is 14.0. The highest BCUT2D eigenvalue weighted by Gasteiger charge is 2.28. The number of nitrogens with zero attached hydrogens (tertiary/aromatic N) is 2. The molecule has 6 heteroatoms. The molecule has 0 bridgehead atoms. The van der Waals surface area contributed by atoms with Crippen LogP contribution in [-0.2, 0) is 0 Å². The third-order valence-corrected chi connectivity index (χ3v) is 5.21. The van der Waals surface area contributed by atoms with Crippen molar-refractivity contribution in [1.29, 1.82) is 0 Å². The highest BCUT2D eigenvalue weighted by molar-refractivity contribution is 7.09. The maximum atomic E-state index is 13.5. The van der Waals surface area contributed by atoms with Crippen molar-refractivity contribution < 1.29 is 13.9 Å². The first-order valence-electron chi connectivity index (χ1n) is 7.63. The predicted molar refractivity (Wildman–Crippen MR) is 87.7 cm³/mol. The van der Waals surface area contributed by atoms with E-state index in [0.29, 0.717) is 18.8 Å². The number of ether oxygens (including phenoxy) is 1. The first-order valence-corrected chi connectivity index (χ1v) is 8.51. The zero-order valence-electron chi connectivity index (χ0n) is 13.2. The van der Waals surface area contributed by atoms with Crippen LogP contribution < -0.4 is 4.74 Å². The lowest BCUT2D eigenvalue weighted by Gasteiger charge is -2.32. The standard InChI is InChI=1S/C17H19FN2O2S/c1-11-10-23-16(19-11)12-4-3-7-20(9-12)17(21)14-8-13(18)5-6-15(14)22-2/h5-6,8,10,12H,3-4,7,9H2,1-2H3/t12-/m0/s1. The molecule has 1 aliphatic rings. The summed E-state index contributed by atoms with van der Waals surface area (Å²) in [5, 5.41) is 3.11. The Labute approximate surface area is 138 Å². The van der Waals surface area contributed by atoms with Crippen molar-refractivity contribution in [2.45, 2.75) is 25.7 Å². The summed E-state index contributed by atoms with van der Waals surface area (Å²) < 4.78 is 18.7. The summed E-state index contributed by atoms with van der Waals surface area (Å²) in [7, 11) is 1.49. The van der Waals surface area contributed by atoms with Crippen LogP contribution in [0.4, 0.5) is 4.39 Å². The van der Waals surface area contributed by atoms with Crippen molar-refractivity contribution in [3.05, 3.63) is 45.7 Å². The van der Waals surface area contributed by atoms with E-state index < -0.39 is 5.82 Å². The predicted octanol–water partition coefficient (Wildman–Crippen LogP) is 3.62. The van der Waals surface area contributed by atoms with Gasteiger partial charge in [0.15, 0.2) is 0 Å². The van der Waals surface area contributed by atoms with Crippen LogP contribution >= 0.6 is 11.3 Å². The number of thiazole rings is 1. The Hall–Kier alpha value is -1.95. The molecule has 0 saturated carbocycles. The second kappa shape index (κ2) is 6.66. The number of aryl methyl sites for hydroxylation is 1. The molecule has 1 aromatic carbocycles. The maximum absolute atomic E-state index is 13.5. The molecule has 4 nitrogen and oxygen atoms in total. The van der Waals surface area contributed by atoms with Gasteiger partial charge in [0.05, 0.1) is 17.7 Å². The fourth-order valence-corrected chi connectivity index (χ4v) is 3.87. The molecule has 1 atom stereocenters. The maximum Gasteiger partial charge on any atom is 0.257 e. The van der Waals surface area contributed by atoms with E-state index in [4.69, 9.17) is 4.74 Å². The summed E-state index contributed by atoms with van der Waals surface area (Å²) in [4.78, 5) is 19.1. The molecule has 2 aromatic rings. The molecule has 1 aromatic heterocycles. The Bertz CT molecular complexity index is 716. The summed E-state index contributed by atoms with van der Waals surface area (Å²) in [6, 6.07) is 4.04. The molecule has 0 aliphatic carbocycles. The number of methoxy groups -OCH3 is 1. The molecule has 0 N–H and O–H groups in total. The second-order valence-corrected chi connectivity index (χ2v) is 6.65. The molecule has 23 heavy (non-hydrogen) atoms. The topological polar surface area (TPSA) is 42.4 Å². The Morgan fingerprint density at radius 2 is 2.30 bits per heavy atom. The summed E-state index contributed by atoms with van der Waals surface area (Å²) in [5.41, 5.74) is 1.30. The van der Waals surface area contributed by atoms with Crippen LogP contribution in [-0.4, -0.2) is 36.0 Å². The number of rotatable bonds is 3. The first kappa shape index (κ1) is 15.9. The molecular weight excluding hydrogens is 315 g/mol. The first-order chi connectivity index (χ1) is 11.1. The number of benzene rings is 1. The van der Waals surface area contributed by atoms with Gasteiger partial charge in [-0.2, -0.15) is 0 Å². The van der Waals surface area contributed by atoms with E-state index in [9.17, 15) is 9.18 Å². The van der Waals surface area contributed by atoms with E-state index >= 15 is 0 Å². The van der Waals surface area contributed by atoms with Crippen LogP contribution in [0.5, 0.6) is 5.75 Å². The number of piperidine rings is 1. The van der Waals surface area contributed by atoms with Gasteiger partial charge in [0.25, 0.3) is 5.91 Å². The molecule has 1 fully saturated rings. The Kier molecular flexibility index (Phi) is 4.61. The Morgan fingerprint density at radius 3 is 3.00 bits per heavy atom. The third-order valence-electron chi connectivity index (χ3n) is 4.09. The van der Waals surface area contributed by atoms with Gasteiger partial charge in [-0.15, -0.1) is 11.3 Å². The lowest BCUT2D eigenvalue weighted by atomic mass is 9.98. The van der Waals surface area contributed by atoms with Crippen molar-refractivity contribution in [2.75, 3.05) is 20.2 Å². The van der Waals surface area contributed by atoms with Crippen molar-refractivity contribution in [3.8, 4) is 5.75 Å². The fourth-order valence-electron chi connectivity index (χ4n) is 2.94. The van der Waals surface area contributed by atoms with Crippen LogP contribution in [0.2, 0.25) is 0 Å². The average molecular weight is 334 g/mol. The molecular formula is C17H19FN2O2S. The lowest BCUT2D eigenvalue weighted by Crippen LogP contribution is -2.39. The lowest BCUT2D eigenvalue weighted by molar-refractivity contribution is 0.0703. The quantitative estimate of drug-likeness (QED) is 0.861. The number of hydrogen-bond acceptors (Lipinski definition) is 4. The molecule has 1 amide bonds. The number of aromatic nitrogens is 1. The van der Waals surface area contributed by atoms with Gasteiger partial charge in [-0.1, -0.05) is 0 Å². The normalized spacial score (nSPS) is 18.0. The van der Waals surface area contributed by atoms with Crippen LogP contribution in [0.3, 0.4) is 0 Å². The van der Waals surface area contributed by atoms with Crippen molar-refractivity contribution in [1.82, 2.24) is 9.88 Å². The van der Waals surface area contributed by atoms with Gasteiger partial charge < -0.3 is 9.64 Å². The number of halogens is 1. The monoisotopic (exact) mass is 334 g/mol. The minimum atomic E-state index is -0.432. The Morgan fingerprint density at radius 1 is 1.48 bits per heavy atom. The molecule has 0 unspecified atom stereocenters. The molecule has 2 heterocycles. The minimum Gasteiger partial charge on any atom is -0.496 e. The van der Waals surface area contributed by atoms with Gasteiger partial charge in [0, 0.05) is 30.1 Å². The van der Waals surface area contributed by atoms with Gasteiger partial charge in [-0.05, 0) is 38.0 Å². The number of carbonyl (C=O) groups excluding carboxylic acids is 1. The van der Waals surface area contributed by atoms with Crippen LogP contribution in [0.25, 0.3) is 0 Å². The van der Waals surface area contributed by atoms with Crippen molar-refractivity contribution in [3.63, 3.8) is 0 Å². The van der Waals surface area contributed by atoms with E-state index in [1.54, 1.807) is 16.2 Å².